The first-order chi connectivity index (χ1) is 9.55. The standard InChI is InChI=1S/C19H33N/c1-5-6-7-8-9-13-16-20-18(19(2,3)4)17-14-11-10-12-15-17/h10-12,14-15,18,20H,5-9,13,16H2,1-4H3. The molecule has 0 radical (unpaired) electrons. The Morgan fingerprint density at radius 3 is 2.10 bits per heavy atom. The number of hydrogen-bond acceptors (Lipinski definition) is 1. The summed E-state index contributed by atoms with van der Waals surface area (Å²) in [5.74, 6) is 0. The van der Waals surface area contributed by atoms with E-state index in [2.05, 4.69) is 63.3 Å². The molecule has 1 nitrogen and oxygen atoms in total. The van der Waals surface area contributed by atoms with Crippen LogP contribution in [0.3, 0.4) is 0 Å². The molecule has 1 aromatic rings. The van der Waals surface area contributed by atoms with E-state index in [-0.39, 0.29) is 5.41 Å². The summed E-state index contributed by atoms with van der Waals surface area (Å²) in [4.78, 5) is 0. The fourth-order valence-corrected chi connectivity index (χ4v) is 2.72. The normalized spacial score (nSPS) is 13.4. The van der Waals surface area contributed by atoms with Gasteiger partial charge in [-0.05, 0) is 23.9 Å². The molecule has 0 saturated carbocycles. The maximum absolute atomic E-state index is 3.77. The summed E-state index contributed by atoms with van der Waals surface area (Å²) in [6.07, 6.45) is 8.17. The van der Waals surface area contributed by atoms with Crippen LogP contribution in [0.4, 0.5) is 0 Å². The van der Waals surface area contributed by atoms with Crippen molar-refractivity contribution in [2.75, 3.05) is 6.54 Å². The van der Waals surface area contributed by atoms with Gasteiger partial charge in [0.25, 0.3) is 0 Å². The van der Waals surface area contributed by atoms with Gasteiger partial charge in [-0.3, -0.25) is 0 Å². The number of benzene rings is 1. The van der Waals surface area contributed by atoms with Crippen LogP contribution < -0.4 is 5.32 Å². The van der Waals surface area contributed by atoms with Crippen molar-refractivity contribution in [1.82, 2.24) is 5.32 Å². The first kappa shape index (κ1) is 17.2. The SMILES string of the molecule is CCCCCCCCNC(c1ccccc1)C(C)(C)C. The van der Waals surface area contributed by atoms with Gasteiger partial charge >= 0.3 is 0 Å². The Morgan fingerprint density at radius 2 is 1.50 bits per heavy atom. The van der Waals surface area contributed by atoms with E-state index in [1.165, 1.54) is 44.1 Å². The molecule has 0 aliphatic carbocycles. The average molecular weight is 275 g/mol. The maximum Gasteiger partial charge on any atom is 0.0369 e. The van der Waals surface area contributed by atoms with E-state index in [0.29, 0.717) is 6.04 Å². The summed E-state index contributed by atoms with van der Waals surface area (Å²) < 4.78 is 0. The van der Waals surface area contributed by atoms with Gasteiger partial charge in [-0.2, -0.15) is 0 Å². The molecule has 1 atom stereocenters. The zero-order valence-electron chi connectivity index (χ0n) is 13.9. The van der Waals surface area contributed by atoms with Crippen LogP contribution in [0.1, 0.15) is 77.8 Å². The highest BCUT2D eigenvalue weighted by Gasteiger charge is 2.25. The molecule has 114 valence electrons. The van der Waals surface area contributed by atoms with E-state index in [4.69, 9.17) is 0 Å². The van der Waals surface area contributed by atoms with Crippen molar-refractivity contribution in [2.24, 2.45) is 5.41 Å². The van der Waals surface area contributed by atoms with Crippen LogP contribution in [0, 0.1) is 5.41 Å². The highest BCUT2D eigenvalue weighted by atomic mass is 14.9. The van der Waals surface area contributed by atoms with Gasteiger partial charge in [-0.1, -0.05) is 90.1 Å². The third kappa shape index (κ3) is 6.56. The minimum atomic E-state index is 0.254. The lowest BCUT2D eigenvalue weighted by atomic mass is 9.82. The van der Waals surface area contributed by atoms with Gasteiger partial charge < -0.3 is 5.32 Å². The molecular formula is C19H33N. The summed E-state index contributed by atoms with van der Waals surface area (Å²) in [5.41, 5.74) is 1.66. The second-order valence-electron chi connectivity index (χ2n) is 6.93. The van der Waals surface area contributed by atoms with Crippen molar-refractivity contribution in [1.29, 1.82) is 0 Å². The smallest absolute Gasteiger partial charge is 0.0369 e. The van der Waals surface area contributed by atoms with Crippen molar-refractivity contribution < 1.29 is 0 Å². The molecule has 0 heterocycles. The predicted octanol–water partition coefficient (Wildman–Crippen LogP) is 5.72. The third-order valence-corrected chi connectivity index (χ3v) is 3.88. The van der Waals surface area contributed by atoms with E-state index in [9.17, 15) is 0 Å². The minimum absolute atomic E-state index is 0.254. The topological polar surface area (TPSA) is 12.0 Å². The molecule has 0 amide bonds. The van der Waals surface area contributed by atoms with Crippen molar-refractivity contribution >= 4 is 0 Å². The Morgan fingerprint density at radius 1 is 0.900 bits per heavy atom. The molecule has 1 aromatic carbocycles. The van der Waals surface area contributed by atoms with Crippen LogP contribution in [0.25, 0.3) is 0 Å². The van der Waals surface area contributed by atoms with E-state index in [1.807, 2.05) is 0 Å². The van der Waals surface area contributed by atoms with Gasteiger partial charge in [0.1, 0.15) is 0 Å². The van der Waals surface area contributed by atoms with E-state index in [1.54, 1.807) is 0 Å². The van der Waals surface area contributed by atoms with E-state index in [0.717, 1.165) is 6.54 Å². The van der Waals surface area contributed by atoms with Crippen LogP contribution in [-0.2, 0) is 0 Å². The van der Waals surface area contributed by atoms with Gasteiger partial charge in [-0.25, -0.2) is 0 Å². The molecule has 0 aliphatic rings. The fourth-order valence-electron chi connectivity index (χ4n) is 2.72. The molecular weight excluding hydrogens is 242 g/mol. The Kier molecular flexibility index (Phi) is 7.91. The summed E-state index contributed by atoms with van der Waals surface area (Å²) in [6, 6.07) is 11.3. The Labute approximate surface area is 126 Å². The van der Waals surface area contributed by atoms with Gasteiger partial charge in [0.15, 0.2) is 0 Å². The minimum Gasteiger partial charge on any atom is -0.309 e. The summed E-state index contributed by atoms with van der Waals surface area (Å²) >= 11 is 0. The van der Waals surface area contributed by atoms with Crippen LogP contribution in [-0.4, -0.2) is 6.54 Å². The van der Waals surface area contributed by atoms with Crippen LogP contribution in [0.2, 0.25) is 0 Å². The first-order valence-corrected chi connectivity index (χ1v) is 8.34. The second-order valence-corrected chi connectivity index (χ2v) is 6.93. The molecule has 0 aliphatic heterocycles. The second kappa shape index (κ2) is 9.18. The molecule has 0 bridgehead atoms. The fraction of sp³-hybridized carbons (Fsp3) is 0.684. The Hall–Kier alpha value is -0.820. The summed E-state index contributed by atoms with van der Waals surface area (Å²) in [5, 5.41) is 3.77. The lowest BCUT2D eigenvalue weighted by Gasteiger charge is -2.32. The van der Waals surface area contributed by atoms with Gasteiger partial charge in [0.05, 0.1) is 0 Å². The summed E-state index contributed by atoms with van der Waals surface area (Å²) in [6.45, 7) is 10.4. The maximum atomic E-state index is 3.77. The molecule has 1 rings (SSSR count). The molecule has 1 unspecified atom stereocenters. The molecule has 0 fully saturated rings. The Balaban J connectivity index is 2.36. The quantitative estimate of drug-likeness (QED) is 0.568. The largest absolute Gasteiger partial charge is 0.309 e. The van der Waals surface area contributed by atoms with Crippen LogP contribution in [0.15, 0.2) is 30.3 Å². The molecule has 1 heteroatoms. The van der Waals surface area contributed by atoms with Crippen LogP contribution >= 0.6 is 0 Å². The van der Waals surface area contributed by atoms with Crippen molar-refractivity contribution in [3.63, 3.8) is 0 Å². The highest BCUT2D eigenvalue weighted by Crippen LogP contribution is 2.32. The van der Waals surface area contributed by atoms with Gasteiger partial charge in [-0.15, -0.1) is 0 Å². The number of rotatable bonds is 9. The molecule has 0 spiro atoms. The summed E-state index contributed by atoms with van der Waals surface area (Å²) in [7, 11) is 0. The lowest BCUT2D eigenvalue weighted by molar-refractivity contribution is 0.271. The zero-order valence-corrected chi connectivity index (χ0v) is 13.9. The highest BCUT2D eigenvalue weighted by molar-refractivity contribution is 5.20. The number of hydrogen-bond donors (Lipinski definition) is 1. The van der Waals surface area contributed by atoms with Gasteiger partial charge in [0, 0.05) is 6.04 Å². The number of unbranched alkanes of at least 4 members (excludes halogenated alkanes) is 5. The van der Waals surface area contributed by atoms with E-state index < -0.39 is 0 Å². The van der Waals surface area contributed by atoms with Gasteiger partial charge in [0.2, 0.25) is 0 Å². The number of nitrogens with one attached hydrogen (secondary N) is 1. The van der Waals surface area contributed by atoms with E-state index >= 15 is 0 Å². The molecule has 20 heavy (non-hydrogen) atoms. The van der Waals surface area contributed by atoms with Crippen molar-refractivity contribution in [3.05, 3.63) is 35.9 Å². The average Bonchev–Trinajstić information content (AvgIpc) is 2.41. The zero-order chi connectivity index (χ0) is 14.8. The predicted molar refractivity (Wildman–Crippen MR) is 90.0 cm³/mol. The first-order valence-electron chi connectivity index (χ1n) is 8.34. The third-order valence-electron chi connectivity index (χ3n) is 3.88. The van der Waals surface area contributed by atoms with Crippen LogP contribution in [0.5, 0.6) is 0 Å². The monoisotopic (exact) mass is 275 g/mol. The molecule has 0 saturated heterocycles. The van der Waals surface area contributed by atoms with Crippen molar-refractivity contribution in [2.45, 2.75) is 72.3 Å². The molecule has 0 aromatic heterocycles. The Bertz CT molecular complexity index is 337. The van der Waals surface area contributed by atoms with Crippen molar-refractivity contribution in [3.8, 4) is 0 Å². The molecule has 1 N–H and O–H groups in total. The lowest BCUT2D eigenvalue weighted by Crippen LogP contribution is -2.33.